The third kappa shape index (κ3) is 4.64. The topological polar surface area (TPSA) is 66.8 Å². The highest BCUT2D eigenvalue weighted by atomic mass is 16.5. The van der Waals surface area contributed by atoms with Crippen LogP contribution in [0.15, 0.2) is 0 Å². The van der Waals surface area contributed by atoms with E-state index in [1.165, 1.54) is 0 Å². The first kappa shape index (κ1) is 15.0. The lowest BCUT2D eigenvalue weighted by atomic mass is 10.1. The van der Waals surface area contributed by atoms with Gasteiger partial charge in [-0.2, -0.15) is 0 Å². The fourth-order valence-electron chi connectivity index (χ4n) is 2.28. The molecule has 1 aliphatic heterocycles. The van der Waals surface area contributed by atoms with Crippen LogP contribution in [0.25, 0.3) is 0 Å². The molecule has 18 heavy (non-hydrogen) atoms. The molecular formula is C13H23NO4. The molecule has 1 atom stereocenters. The number of esters is 1. The molecule has 1 fully saturated rings. The van der Waals surface area contributed by atoms with Crippen molar-refractivity contribution in [3.63, 3.8) is 0 Å². The summed E-state index contributed by atoms with van der Waals surface area (Å²) in [5.74, 6) is -0.384. The van der Waals surface area contributed by atoms with E-state index in [9.17, 15) is 14.7 Å². The van der Waals surface area contributed by atoms with Crippen molar-refractivity contribution in [3.05, 3.63) is 0 Å². The van der Waals surface area contributed by atoms with E-state index in [-0.39, 0.29) is 37.4 Å². The molecule has 5 nitrogen and oxygen atoms in total. The van der Waals surface area contributed by atoms with Crippen LogP contribution < -0.4 is 0 Å². The lowest BCUT2D eigenvalue weighted by molar-refractivity contribution is -0.146. The minimum absolute atomic E-state index is 0.00511. The molecule has 0 aliphatic carbocycles. The largest absolute Gasteiger partial charge is 0.466 e. The van der Waals surface area contributed by atoms with Gasteiger partial charge in [-0.15, -0.1) is 0 Å². The minimum Gasteiger partial charge on any atom is -0.466 e. The predicted molar refractivity (Wildman–Crippen MR) is 66.9 cm³/mol. The van der Waals surface area contributed by atoms with E-state index in [1.54, 1.807) is 11.8 Å². The van der Waals surface area contributed by atoms with Crippen molar-refractivity contribution >= 4 is 11.9 Å². The van der Waals surface area contributed by atoms with E-state index >= 15 is 0 Å². The quantitative estimate of drug-likeness (QED) is 0.749. The van der Waals surface area contributed by atoms with Gasteiger partial charge in [-0.25, -0.2) is 0 Å². The smallest absolute Gasteiger partial charge is 0.306 e. The Labute approximate surface area is 108 Å². The molecule has 1 saturated heterocycles. The van der Waals surface area contributed by atoms with Crippen LogP contribution in [0.1, 0.15) is 45.4 Å². The minimum atomic E-state index is -0.332. The maximum absolute atomic E-state index is 12.0. The Morgan fingerprint density at radius 2 is 2.06 bits per heavy atom. The van der Waals surface area contributed by atoms with Crippen LogP contribution in [0.2, 0.25) is 0 Å². The highest BCUT2D eigenvalue weighted by Gasteiger charge is 2.24. The molecule has 0 bridgehead atoms. The van der Waals surface area contributed by atoms with Gasteiger partial charge in [-0.05, 0) is 19.8 Å². The second-order valence-corrected chi connectivity index (χ2v) is 4.58. The molecular weight excluding hydrogens is 234 g/mol. The molecule has 1 rings (SSSR count). The van der Waals surface area contributed by atoms with Crippen LogP contribution in [0, 0.1) is 0 Å². The second-order valence-electron chi connectivity index (χ2n) is 4.58. The van der Waals surface area contributed by atoms with Crippen LogP contribution in [-0.4, -0.2) is 47.7 Å². The molecule has 1 aliphatic rings. The molecule has 0 aromatic heterocycles. The van der Waals surface area contributed by atoms with Crippen molar-refractivity contribution in [2.24, 2.45) is 0 Å². The lowest BCUT2D eigenvalue weighted by Crippen LogP contribution is -2.42. The van der Waals surface area contributed by atoms with Gasteiger partial charge in [0.2, 0.25) is 5.91 Å². The number of carbonyl (C=O) groups is 2. The van der Waals surface area contributed by atoms with Crippen LogP contribution in [0.5, 0.6) is 0 Å². The van der Waals surface area contributed by atoms with Crippen LogP contribution in [0.3, 0.4) is 0 Å². The number of likely N-dealkylation sites (tertiary alicyclic amines) is 1. The summed E-state index contributed by atoms with van der Waals surface area (Å²) in [5, 5.41) is 9.31. The summed E-state index contributed by atoms with van der Waals surface area (Å²) in [4.78, 5) is 25.0. The van der Waals surface area contributed by atoms with E-state index in [0.717, 1.165) is 25.7 Å². The first-order chi connectivity index (χ1) is 8.69. The number of nitrogens with zero attached hydrogens (tertiary/aromatic N) is 1. The van der Waals surface area contributed by atoms with Crippen molar-refractivity contribution in [2.75, 3.05) is 19.8 Å². The van der Waals surface area contributed by atoms with E-state index in [1.807, 2.05) is 0 Å². The maximum atomic E-state index is 12.0. The molecule has 5 heteroatoms. The van der Waals surface area contributed by atoms with Crippen molar-refractivity contribution in [3.8, 4) is 0 Å². The van der Waals surface area contributed by atoms with Gasteiger partial charge in [0.1, 0.15) is 0 Å². The van der Waals surface area contributed by atoms with Gasteiger partial charge in [0.05, 0.1) is 25.7 Å². The molecule has 0 saturated carbocycles. The molecule has 0 aromatic carbocycles. The van der Waals surface area contributed by atoms with Crippen molar-refractivity contribution < 1.29 is 19.4 Å². The first-order valence-electron chi connectivity index (χ1n) is 6.75. The zero-order chi connectivity index (χ0) is 13.4. The third-order valence-corrected chi connectivity index (χ3v) is 3.26. The van der Waals surface area contributed by atoms with Gasteiger partial charge in [-0.1, -0.05) is 12.8 Å². The molecule has 1 N–H and O–H groups in total. The number of rotatable bonds is 5. The molecule has 104 valence electrons. The highest BCUT2D eigenvalue weighted by Crippen LogP contribution is 2.17. The lowest BCUT2D eigenvalue weighted by Gasteiger charge is -2.28. The normalized spacial score (nSPS) is 20.3. The number of hydrogen-bond acceptors (Lipinski definition) is 4. The summed E-state index contributed by atoms with van der Waals surface area (Å²) < 4.78 is 4.80. The summed E-state index contributed by atoms with van der Waals surface area (Å²) in [5.41, 5.74) is 0. The maximum Gasteiger partial charge on any atom is 0.306 e. The van der Waals surface area contributed by atoms with Gasteiger partial charge in [0.25, 0.3) is 0 Å². The fourth-order valence-corrected chi connectivity index (χ4v) is 2.28. The van der Waals surface area contributed by atoms with E-state index in [0.29, 0.717) is 13.2 Å². The zero-order valence-corrected chi connectivity index (χ0v) is 11.1. The van der Waals surface area contributed by atoms with Crippen LogP contribution in [0.4, 0.5) is 0 Å². The predicted octanol–water partition coefficient (Wildman–Crippen LogP) is 1.09. The van der Waals surface area contributed by atoms with E-state index < -0.39 is 0 Å². The number of hydrogen-bond donors (Lipinski definition) is 1. The zero-order valence-electron chi connectivity index (χ0n) is 11.1. The van der Waals surface area contributed by atoms with E-state index in [4.69, 9.17) is 4.74 Å². The average Bonchev–Trinajstić information content (AvgIpc) is 2.61. The van der Waals surface area contributed by atoms with Gasteiger partial charge < -0.3 is 14.7 Å². The van der Waals surface area contributed by atoms with Gasteiger partial charge >= 0.3 is 5.97 Å². The SMILES string of the molecule is CCOC(=O)CCC(=O)N1CCCCCC1CO. The summed E-state index contributed by atoms with van der Waals surface area (Å²) in [7, 11) is 0. The molecule has 1 heterocycles. The van der Waals surface area contributed by atoms with E-state index in [2.05, 4.69) is 0 Å². The second kappa shape index (κ2) is 8.08. The third-order valence-electron chi connectivity index (χ3n) is 3.26. The molecule has 0 aromatic rings. The van der Waals surface area contributed by atoms with Gasteiger partial charge in [0.15, 0.2) is 0 Å². The Kier molecular flexibility index (Phi) is 6.72. The molecule has 0 radical (unpaired) electrons. The summed E-state index contributed by atoms with van der Waals surface area (Å²) >= 11 is 0. The van der Waals surface area contributed by atoms with Crippen molar-refractivity contribution in [1.82, 2.24) is 4.90 Å². The van der Waals surface area contributed by atoms with Crippen LogP contribution in [-0.2, 0) is 14.3 Å². The van der Waals surface area contributed by atoms with Crippen molar-refractivity contribution in [2.45, 2.75) is 51.5 Å². The standard InChI is InChI=1S/C13H23NO4/c1-2-18-13(17)8-7-12(16)14-9-5-3-4-6-11(14)10-15/h11,15H,2-10H2,1H3. The molecule has 1 unspecified atom stereocenters. The number of amides is 1. The average molecular weight is 257 g/mol. The molecule has 0 spiro atoms. The first-order valence-corrected chi connectivity index (χ1v) is 6.75. The van der Waals surface area contributed by atoms with Gasteiger partial charge in [0, 0.05) is 13.0 Å². The molecule has 1 amide bonds. The Balaban J connectivity index is 2.44. The summed E-state index contributed by atoms with van der Waals surface area (Å²) in [6.07, 6.45) is 4.27. The number of aliphatic hydroxyl groups excluding tert-OH is 1. The Bertz CT molecular complexity index is 280. The Morgan fingerprint density at radius 3 is 2.72 bits per heavy atom. The number of carbonyl (C=O) groups excluding carboxylic acids is 2. The number of aliphatic hydroxyl groups is 1. The Hall–Kier alpha value is -1.10. The van der Waals surface area contributed by atoms with Crippen molar-refractivity contribution in [1.29, 1.82) is 0 Å². The fraction of sp³-hybridized carbons (Fsp3) is 0.846. The summed E-state index contributed by atoms with van der Waals surface area (Å²) in [6, 6.07) is -0.0813. The summed E-state index contributed by atoms with van der Waals surface area (Å²) in [6.45, 7) is 2.78. The highest BCUT2D eigenvalue weighted by molar-refractivity contribution is 5.81. The number of ether oxygens (including phenoxy) is 1. The monoisotopic (exact) mass is 257 g/mol. The van der Waals surface area contributed by atoms with Gasteiger partial charge in [-0.3, -0.25) is 9.59 Å². The Morgan fingerprint density at radius 1 is 1.28 bits per heavy atom. The van der Waals surface area contributed by atoms with Crippen LogP contribution >= 0.6 is 0 Å².